The first-order chi connectivity index (χ1) is 12.5. The first-order valence-electron chi connectivity index (χ1n) is 8.18. The molecule has 0 spiro atoms. The van der Waals surface area contributed by atoms with Gasteiger partial charge in [-0.1, -0.05) is 11.6 Å². The second-order valence-electron chi connectivity index (χ2n) is 6.04. The summed E-state index contributed by atoms with van der Waals surface area (Å²) in [6.07, 6.45) is 1.83. The smallest absolute Gasteiger partial charge is 0.531 e. The van der Waals surface area contributed by atoms with Crippen molar-refractivity contribution in [2.45, 2.75) is 33.1 Å². The van der Waals surface area contributed by atoms with Crippen LogP contribution in [0.2, 0.25) is 5.15 Å². The molecule has 2 aromatic rings. The number of aliphatic hydroxyl groups is 1. The van der Waals surface area contributed by atoms with E-state index >= 15 is 0 Å². The SMILES string of the molecule is CC(C)n1cc(COc2ccc3c(c2COCO)OB(O)CO3)c(Cl)n1. The van der Waals surface area contributed by atoms with Crippen molar-refractivity contribution in [2.75, 3.05) is 13.3 Å². The number of hydrogen-bond acceptors (Lipinski definition) is 7. The van der Waals surface area contributed by atoms with Gasteiger partial charge >= 0.3 is 7.12 Å². The molecule has 0 unspecified atom stereocenters. The van der Waals surface area contributed by atoms with Crippen LogP contribution in [0, 0.1) is 0 Å². The summed E-state index contributed by atoms with van der Waals surface area (Å²) in [6.45, 7) is 3.82. The van der Waals surface area contributed by atoms with Gasteiger partial charge in [0.05, 0.1) is 12.2 Å². The molecule has 0 aliphatic carbocycles. The number of halogens is 1. The lowest BCUT2D eigenvalue weighted by Crippen LogP contribution is -2.34. The van der Waals surface area contributed by atoms with Crippen molar-refractivity contribution >= 4 is 18.7 Å². The fourth-order valence-corrected chi connectivity index (χ4v) is 2.70. The zero-order chi connectivity index (χ0) is 18.7. The van der Waals surface area contributed by atoms with Gasteiger partial charge in [-0.3, -0.25) is 4.68 Å². The van der Waals surface area contributed by atoms with E-state index in [2.05, 4.69) is 5.10 Å². The molecule has 1 aliphatic rings. The Morgan fingerprint density at radius 3 is 2.88 bits per heavy atom. The third kappa shape index (κ3) is 4.07. The lowest BCUT2D eigenvalue weighted by Gasteiger charge is -2.24. The van der Waals surface area contributed by atoms with Gasteiger partial charge in [0.15, 0.2) is 16.7 Å². The van der Waals surface area contributed by atoms with Crippen molar-refractivity contribution in [3.05, 3.63) is 34.6 Å². The number of rotatable bonds is 7. The van der Waals surface area contributed by atoms with Gasteiger partial charge in [0.1, 0.15) is 25.7 Å². The molecular formula is C16H20BClN2O6. The van der Waals surface area contributed by atoms with E-state index in [0.717, 1.165) is 5.56 Å². The van der Waals surface area contributed by atoms with E-state index in [4.69, 9.17) is 35.6 Å². The Kier molecular flexibility index (Phi) is 5.92. The van der Waals surface area contributed by atoms with Crippen LogP contribution in [0.3, 0.4) is 0 Å². The lowest BCUT2D eigenvalue weighted by atomic mass is 9.91. The maximum Gasteiger partial charge on any atom is 0.563 e. The highest BCUT2D eigenvalue weighted by molar-refractivity contribution is 6.44. The van der Waals surface area contributed by atoms with E-state index in [-0.39, 0.29) is 25.8 Å². The summed E-state index contributed by atoms with van der Waals surface area (Å²) < 4.78 is 23.6. The molecule has 0 saturated heterocycles. The maximum absolute atomic E-state index is 9.69. The minimum absolute atomic E-state index is 0.0318. The number of aromatic nitrogens is 2. The molecule has 2 N–H and O–H groups in total. The molecule has 1 aromatic carbocycles. The monoisotopic (exact) mass is 382 g/mol. The predicted molar refractivity (Wildman–Crippen MR) is 94.4 cm³/mol. The molecule has 3 rings (SSSR count). The van der Waals surface area contributed by atoms with E-state index < -0.39 is 13.9 Å². The maximum atomic E-state index is 9.69. The Morgan fingerprint density at radius 2 is 2.19 bits per heavy atom. The van der Waals surface area contributed by atoms with Crippen LogP contribution in [0.1, 0.15) is 31.0 Å². The lowest BCUT2D eigenvalue weighted by molar-refractivity contribution is -0.0126. The van der Waals surface area contributed by atoms with Gasteiger partial charge in [-0.05, 0) is 26.0 Å². The standard InChI is InChI=1S/C16H20BClN2O6/c1-10(2)20-5-11(16(18)19-20)6-24-13-3-4-14-15(12(13)7-23-9-21)26-17(22)8-25-14/h3-5,10,21-22H,6-9H2,1-2H3. The van der Waals surface area contributed by atoms with Crippen LogP contribution in [0.5, 0.6) is 17.2 Å². The zero-order valence-electron chi connectivity index (χ0n) is 14.5. The van der Waals surface area contributed by atoms with Crippen LogP contribution in [0.15, 0.2) is 18.3 Å². The highest BCUT2D eigenvalue weighted by Crippen LogP contribution is 2.40. The molecule has 0 radical (unpaired) electrons. The van der Waals surface area contributed by atoms with Crippen molar-refractivity contribution in [1.82, 2.24) is 9.78 Å². The zero-order valence-corrected chi connectivity index (χ0v) is 15.3. The number of aliphatic hydroxyl groups excluding tert-OH is 1. The molecule has 26 heavy (non-hydrogen) atoms. The van der Waals surface area contributed by atoms with E-state index in [1.807, 2.05) is 20.0 Å². The quantitative estimate of drug-likeness (QED) is 0.558. The normalized spacial score (nSPS) is 13.4. The van der Waals surface area contributed by atoms with Crippen LogP contribution < -0.4 is 14.1 Å². The first-order valence-corrected chi connectivity index (χ1v) is 8.55. The Labute approximate surface area is 156 Å². The van der Waals surface area contributed by atoms with Crippen molar-refractivity contribution in [1.29, 1.82) is 0 Å². The largest absolute Gasteiger partial charge is 0.563 e. The van der Waals surface area contributed by atoms with Crippen molar-refractivity contribution in [3.8, 4) is 17.2 Å². The summed E-state index contributed by atoms with van der Waals surface area (Å²) in [5, 5.41) is 23.3. The summed E-state index contributed by atoms with van der Waals surface area (Å²) >= 11 is 6.17. The molecule has 0 saturated carbocycles. The molecule has 1 aromatic heterocycles. The fourth-order valence-electron chi connectivity index (χ4n) is 2.51. The molecule has 0 atom stereocenters. The second kappa shape index (κ2) is 8.17. The number of nitrogens with zero attached hydrogens (tertiary/aromatic N) is 2. The van der Waals surface area contributed by atoms with Crippen LogP contribution >= 0.6 is 11.6 Å². The number of benzene rings is 1. The predicted octanol–water partition coefficient (Wildman–Crippen LogP) is 1.95. The summed E-state index contributed by atoms with van der Waals surface area (Å²) in [5.41, 5.74) is 1.27. The second-order valence-corrected chi connectivity index (χ2v) is 6.40. The molecule has 0 fully saturated rings. The van der Waals surface area contributed by atoms with Crippen molar-refractivity contribution in [3.63, 3.8) is 0 Å². The van der Waals surface area contributed by atoms with Crippen LogP contribution in [-0.2, 0) is 18.0 Å². The summed E-state index contributed by atoms with van der Waals surface area (Å²) in [6, 6.07) is 3.60. The van der Waals surface area contributed by atoms with Gasteiger partial charge < -0.3 is 29.0 Å². The highest BCUT2D eigenvalue weighted by atomic mass is 35.5. The van der Waals surface area contributed by atoms with Crippen molar-refractivity contribution in [2.24, 2.45) is 0 Å². The molecule has 0 bridgehead atoms. The summed E-state index contributed by atoms with van der Waals surface area (Å²) in [5.74, 6) is 1.28. The highest BCUT2D eigenvalue weighted by Gasteiger charge is 2.29. The van der Waals surface area contributed by atoms with Gasteiger partial charge in [-0.2, -0.15) is 5.10 Å². The Hall–Kier alpha value is -1.94. The Bertz CT molecular complexity index is 769. The Morgan fingerprint density at radius 1 is 1.38 bits per heavy atom. The molecule has 0 amide bonds. The van der Waals surface area contributed by atoms with E-state index in [1.165, 1.54) is 0 Å². The number of ether oxygens (including phenoxy) is 3. The average molecular weight is 383 g/mol. The molecule has 1 aliphatic heterocycles. The topological polar surface area (TPSA) is 95.2 Å². The molecule has 140 valence electrons. The summed E-state index contributed by atoms with van der Waals surface area (Å²) in [4.78, 5) is 0. The minimum Gasteiger partial charge on any atom is -0.531 e. The van der Waals surface area contributed by atoms with Gasteiger partial charge in [-0.25, -0.2) is 0 Å². The third-order valence-electron chi connectivity index (χ3n) is 3.82. The molecular weight excluding hydrogens is 362 g/mol. The summed E-state index contributed by atoms with van der Waals surface area (Å²) in [7, 11) is -1.08. The van der Waals surface area contributed by atoms with Gasteiger partial charge in [0.25, 0.3) is 0 Å². The molecule has 8 nitrogen and oxygen atoms in total. The van der Waals surface area contributed by atoms with Crippen LogP contribution in [0.25, 0.3) is 0 Å². The van der Waals surface area contributed by atoms with Gasteiger partial charge in [0.2, 0.25) is 0 Å². The Balaban J connectivity index is 1.83. The number of fused-ring (bicyclic) bond motifs is 1. The number of hydrogen-bond donors (Lipinski definition) is 2. The van der Waals surface area contributed by atoms with Gasteiger partial charge in [-0.15, -0.1) is 0 Å². The van der Waals surface area contributed by atoms with E-state index in [1.54, 1.807) is 16.8 Å². The molecule has 2 heterocycles. The van der Waals surface area contributed by atoms with E-state index in [9.17, 15) is 5.02 Å². The van der Waals surface area contributed by atoms with Crippen LogP contribution in [-0.4, -0.2) is 40.3 Å². The fraction of sp³-hybridized carbons (Fsp3) is 0.438. The molecule has 10 heteroatoms. The first kappa shape index (κ1) is 18.8. The van der Waals surface area contributed by atoms with E-state index in [0.29, 0.717) is 28.0 Å². The van der Waals surface area contributed by atoms with Crippen LogP contribution in [0.4, 0.5) is 0 Å². The average Bonchev–Trinajstić information content (AvgIpc) is 2.99. The van der Waals surface area contributed by atoms with Gasteiger partial charge in [0, 0.05) is 17.8 Å². The minimum atomic E-state index is -1.08. The van der Waals surface area contributed by atoms with Crippen molar-refractivity contribution < 1.29 is 29.0 Å². The third-order valence-corrected chi connectivity index (χ3v) is 4.14.